The molecule has 0 saturated carbocycles. The molecular weight excluding hydrogens is 515 g/mol. The van der Waals surface area contributed by atoms with Crippen LogP contribution in [0.4, 0.5) is 0 Å². The van der Waals surface area contributed by atoms with Gasteiger partial charge in [0.25, 0.3) is 0 Å². The van der Waals surface area contributed by atoms with Gasteiger partial charge in [0.05, 0.1) is 19.3 Å². The van der Waals surface area contributed by atoms with E-state index in [4.69, 9.17) is 14.5 Å². The molecule has 2 heterocycles. The molecule has 0 unspecified atom stereocenters. The summed E-state index contributed by atoms with van der Waals surface area (Å²) in [7, 11) is 0. The molecule has 32 heavy (non-hydrogen) atoms. The first-order valence-electron chi connectivity index (χ1n) is 12.1. The second kappa shape index (κ2) is 14.4. The Morgan fingerprint density at radius 1 is 1.06 bits per heavy atom. The van der Waals surface area contributed by atoms with Gasteiger partial charge in [-0.15, -0.1) is 24.0 Å². The van der Waals surface area contributed by atoms with Crippen LogP contribution in [0.1, 0.15) is 64.0 Å². The lowest BCUT2D eigenvalue weighted by Gasteiger charge is -2.41. The van der Waals surface area contributed by atoms with E-state index in [2.05, 4.69) is 60.6 Å². The fourth-order valence-electron chi connectivity index (χ4n) is 4.22. The summed E-state index contributed by atoms with van der Waals surface area (Å²) in [5.74, 6) is 0.888. The molecule has 7 heteroatoms. The molecule has 2 fully saturated rings. The van der Waals surface area contributed by atoms with Crippen LogP contribution in [0.15, 0.2) is 29.3 Å². The van der Waals surface area contributed by atoms with E-state index in [1.54, 1.807) is 0 Å². The minimum absolute atomic E-state index is 0. The highest BCUT2D eigenvalue weighted by Crippen LogP contribution is 2.20. The van der Waals surface area contributed by atoms with Gasteiger partial charge in [-0.2, -0.15) is 0 Å². The van der Waals surface area contributed by atoms with Crippen LogP contribution in [0.3, 0.4) is 0 Å². The van der Waals surface area contributed by atoms with E-state index in [1.807, 2.05) is 0 Å². The summed E-state index contributed by atoms with van der Waals surface area (Å²) in [5.41, 5.74) is 2.55. The second-order valence-corrected chi connectivity index (χ2v) is 9.35. The predicted molar refractivity (Wildman–Crippen MR) is 143 cm³/mol. The van der Waals surface area contributed by atoms with E-state index < -0.39 is 0 Å². The maximum atomic E-state index is 6.02. The third-order valence-electron chi connectivity index (χ3n) is 6.34. The molecular formula is C25H43IN4O2. The Morgan fingerprint density at radius 2 is 1.72 bits per heavy atom. The topological polar surface area (TPSA) is 58.1 Å². The van der Waals surface area contributed by atoms with E-state index in [9.17, 15) is 0 Å². The first kappa shape index (κ1) is 27.3. The Hall–Kier alpha value is -0.900. The number of nitrogens with zero attached hydrogens (tertiary/aromatic N) is 2. The molecule has 0 bridgehead atoms. The fraction of sp³-hybridized carbons (Fsp3) is 0.720. The van der Waals surface area contributed by atoms with Gasteiger partial charge in [-0.05, 0) is 70.7 Å². The van der Waals surface area contributed by atoms with Crippen LogP contribution in [0.25, 0.3) is 0 Å². The molecule has 182 valence electrons. The van der Waals surface area contributed by atoms with Gasteiger partial charge in [0.2, 0.25) is 0 Å². The number of piperidine rings is 1. The second-order valence-electron chi connectivity index (χ2n) is 9.35. The Labute approximate surface area is 211 Å². The molecule has 2 N–H and O–H groups in total. The van der Waals surface area contributed by atoms with Crippen LogP contribution < -0.4 is 10.6 Å². The average Bonchev–Trinajstić information content (AvgIpc) is 2.81. The lowest BCUT2D eigenvalue weighted by molar-refractivity contribution is -0.0390. The van der Waals surface area contributed by atoms with E-state index in [-0.39, 0.29) is 29.5 Å². The summed E-state index contributed by atoms with van der Waals surface area (Å²) in [5, 5.41) is 6.95. The summed E-state index contributed by atoms with van der Waals surface area (Å²) < 4.78 is 11.4. The smallest absolute Gasteiger partial charge is 0.191 e. The fourth-order valence-corrected chi connectivity index (χ4v) is 4.22. The van der Waals surface area contributed by atoms with Gasteiger partial charge in [0.15, 0.2) is 5.96 Å². The molecule has 2 saturated heterocycles. The number of hydrogen-bond donors (Lipinski definition) is 2. The van der Waals surface area contributed by atoms with Crippen LogP contribution >= 0.6 is 24.0 Å². The minimum atomic E-state index is 0. The van der Waals surface area contributed by atoms with E-state index in [0.29, 0.717) is 19.3 Å². The SMILES string of the molecule is CCNC(=NCc1ccc(COC2CCOCC2)cc1)NCC(C)(C)N1CCCCC1.I. The zero-order valence-electron chi connectivity index (χ0n) is 20.2. The molecule has 0 amide bonds. The Kier molecular flexibility index (Phi) is 12.3. The average molecular weight is 559 g/mol. The summed E-state index contributed by atoms with van der Waals surface area (Å²) in [6, 6.07) is 8.63. The van der Waals surface area contributed by atoms with Crippen LogP contribution in [0.2, 0.25) is 0 Å². The van der Waals surface area contributed by atoms with E-state index in [0.717, 1.165) is 45.1 Å². The van der Waals surface area contributed by atoms with Crippen molar-refractivity contribution in [2.75, 3.05) is 39.4 Å². The highest BCUT2D eigenvalue weighted by Gasteiger charge is 2.27. The molecule has 2 aliphatic heterocycles. The van der Waals surface area contributed by atoms with Crippen molar-refractivity contribution in [1.82, 2.24) is 15.5 Å². The van der Waals surface area contributed by atoms with Crippen molar-refractivity contribution in [1.29, 1.82) is 0 Å². The normalized spacial score (nSPS) is 18.8. The summed E-state index contributed by atoms with van der Waals surface area (Å²) in [6.45, 7) is 13.9. The number of rotatable bonds is 9. The summed E-state index contributed by atoms with van der Waals surface area (Å²) in [6.07, 6.45) is 6.33. The number of likely N-dealkylation sites (tertiary alicyclic amines) is 1. The van der Waals surface area contributed by atoms with Crippen molar-refractivity contribution in [3.05, 3.63) is 35.4 Å². The number of hydrogen-bond acceptors (Lipinski definition) is 4. The van der Waals surface area contributed by atoms with Gasteiger partial charge in [-0.3, -0.25) is 4.90 Å². The zero-order valence-corrected chi connectivity index (χ0v) is 22.5. The molecule has 1 aromatic rings. The van der Waals surface area contributed by atoms with Gasteiger partial charge in [-0.1, -0.05) is 30.7 Å². The lowest BCUT2D eigenvalue weighted by Crippen LogP contribution is -2.54. The van der Waals surface area contributed by atoms with Crippen LogP contribution in [-0.2, 0) is 22.6 Å². The predicted octanol–water partition coefficient (Wildman–Crippen LogP) is 4.32. The highest BCUT2D eigenvalue weighted by molar-refractivity contribution is 14.0. The third kappa shape index (κ3) is 9.15. The summed E-state index contributed by atoms with van der Waals surface area (Å²) in [4.78, 5) is 7.42. The van der Waals surface area contributed by atoms with Gasteiger partial charge >= 0.3 is 0 Å². The Morgan fingerprint density at radius 3 is 2.38 bits per heavy atom. The highest BCUT2D eigenvalue weighted by atomic mass is 127. The number of halogens is 1. The first-order chi connectivity index (χ1) is 15.1. The van der Waals surface area contributed by atoms with Crippen molar-refractivity contribution >= 4 is 29.9 Å². The first-order valence-corrected chi connectivity index (χ1v) is 12.1. The van der Waals surface area contributed by atoms with Crippen molar-refractivity contribution in [2.24, 2.45) is 4.99 Å². The Bertz CT molecular complexity index is 669. The van der Waals surface area contributed by atoms with Gasteiger partial charge < -0.3 is 20.1 Å². The van der Waals surface area contributed by atoms with E-state index >= 15 is 0 Å². The maximum absolute atomic E-state index is 6.02. The molecule has 0 aliphatic carbocycles. The molecule has 0 radical (unpaired) electrons. The number of ether oxygens (including phenoxy) is 2. The number of aliphatic imine (C=N–C) groups is 1. The van der Waals surface area contributed by atoms with Gasteiger partial charge in [-0.25, -0.2) is 4.99 Å². The number of guanidine groups is 1. The van der Waals surface area contributed by atoms with Crippen LogP contribution in [0, 0.1) is 0 Å². The molecule has 0 aromatic heterocycles. The van der Waals surface area contributed by atoms with Crippen molar-refractivity contribution < 1.29 is 9.47 Å². The van der Waals surface area contributed by atoms with Crippen molar-refractivity contribution in [3.63, 3.8) is 0 Å². The zero-order chi connectivity index (χ0) is 21.9. The molecule has 2 aliphatic rings. The monoisotopic (exact) mass is 558 g/mol. The van der Waals surface area contributed by atoms with Crippen LogP contribution in [0.5, 0.6) is 0 Å². The molecule has 0 atom stereocenters. The Balaban J connectivity index is 0.00000363. The molecule has 3 rings (SSSR count). The maximum Gasteiger partial charge on any atom is 0.191 e. The third-order valence-corrected chi connectivity index (χ3v) is 6.34. The summed E-state index contributed by atoms with van der Waals surface area (Å²) >= 11 is 0. The molecule has 6 nitrogen and oxygen atoms in total. The number of benzene rings is 1. The lowest BCUT2D eigenvalue weighted by atomic mass is 9.98. The van der Waals surface area contributed by atoms with Crippen LogP contribution in [-0.4, -0.2) is 61.9 Å². The largest absolute Gasteiger partial charge is 0.381 e. The van der Waals surface area contributed by atoms with Gasteiger partial charge in [0, 0.05) is 31.8 Å². The molecule has 1 aromatic carbocycles. The number of nitrogens with one attached hydrogen (secondary N) is 2. The quantitative estimate of drug-likeness (QED) is 0.269. The minimum Gasteiger partial charge on any atom is -0.381 e. The van der Waals surface area contributed by atoms with Gasteiger partial charge in [0.1, 0.15) is 0 Å². The van der Waals surface area contributed by atoms with Crippen molar-refractivity contribution in [2.45, 2.75) is 77.7 Å². The van der Waals surface area contributed by atoms with E-state index in [1.165, 1.54) is 43.5 Å². The van der Waals surface area contributed by atoms with Crippen molar-refractivity contribution in [3.8, 4) is 0 Å². The molecule has 0 spiro atoms. The standard InChI is InChI=1S/C25H42N4O2.HI/c1-4-26-24(28-20-25(2,3)29-14-6-5-7-15-29)27-18-21-8-10-22(11-9-21)19-31-23-12-16-30-17-13-23;/h8-11,23H,4-7,12-20H2,1-3H3,(H2,26,27,28);1H.